The van der Waals surface area contributed by atoms with E-state index in [0.29, 0.717) is 4.68 Å². The van der Waals surface area contributed by atoms with Crippen molar-refractivity contribution in [1.29, 1.82) is 0 Å². The Morgan fingerprint density at radius 1 is 1.28 bits per heavy atom. The predicted octanol–water partition coefficient (Wildman–Crippen LogP) is 3.15. The molecule has 3 aromatic rings. The van der Waals surface area contributed by atoms with Crippen molar-refractivity contribution >= 4 is 5.91 Å². The summed E-state index contributed by atoms with van der Waals surface area (Å²) >= 11 is 0. The van der Waals surface area contributed by atoms with E-state index in [1.807, 2.05) is 16.9 Å². The Balaban J connectivity index is 1.33. The maximum Gasteiger partial charge on any atom is 0.333 e. The number of amides is 1. The molecule has 4 rings (SSSR count). The van der Waals surface area contributed by atoms with Crippen molar-refractivity contribution in [2.45, 2.75) is 51.2 Å². The second-order valence-electron chi connectivity index (χ2n) is 7.18. The van der Waals surface area contributed by atoms with Crippen LogP contribution in [0.4, 0.5) is 8.78 Å². The van der Waals surface area contributed by atoms with Gasteiger partial charge in [0.2, 0.25) is 0 Å². The van der Waals surface area contributed by atoms with E-state index in [2.05, 4.69) is 25.5 Å². The van der Waals surface area contributed by atoms with E-state index in [1.165, 1.54) is 19.3 Å². The molecular formula is C19H21F2N7O. The molecular weight excluding hydrogens is 380 g/mol. The van der Waals surface area contributed by atoms with Gasteiger partial charge in [0.05, 0.1) is 17.9 Å². The summed E-state index contributed by atoms with van der Waals surface area (Å²) in [5.41, 5.74) is 2.04. The molecule has 29 heavy (non-hydrogen) atoms. The minimum Gasteiger partial charge on any atom is -0.348 e. The van der Waals surface area contributed by atoms with Crippen molar-refractivity contribution < 1.29 is 13.6 Å². The second kappa shape index (κ2) is 8.06. The molecule has 1 aliphatic carbocycles. The monoisotopic (exact) mass is 401 g/mol. The first-order chi connectivity index (χ1) is 14.0. The molecule has 1 fully saturated rings. The zero-order chi connectivity index (χ0) is 20.4. The van der Waals surface area contributed by atoms with Crippen LogP contribution in [0.1, 0.15) is 54.5 Å². The van der Waals surface area contributed by atoms with Gasteiger partial charge in [-0.2, -0.15) is 19.0 Å². The Labute approximate surface area is 166 Å². The molecule has 1 N–H and O–H groups in total. The van der Waals surface area contributed by atoms with Crippen LogP contribution in [0.5, 0.6) is 0 Å². The molecule has 3 aromatic heterocycles. The van der Waals surface area contributed by atoms with Gasteiger partial charge in [0.1, 0.15) is 6.33 Å². The molecule has 0 unspecified atom stereocenters. The highest BCUT2D eigenvalue weighted by atomic mass is 19.3. The van der Waals surface area contributed by atoms with Crippen LogP contribution in [0.2, 0.25) is 0 Å². The highest BCUT2D eigenvalue weighted by Crippen LogP contribution is 2.29. The third kappa shape index (κ3) is 4.15. The lowest BCUT2D eigenvalue weighted by Gasteiger charge is -2.29. The average molecular weight is 401 g/mol. The summed E-state index contributed by atoms with van der Waals surface area (Å²) in [6.07, 6.45) is 10.3. The van der Waals surface area contributed by atoms with Gasteiger partial charge in [-0.05, 0) is 44.7 Å². The molecule has 152 valence electrons. The molecule has 0 spiro atoms. The van der Waals surface area contributed by atoms with E-state index in [9.17, 15) is 13.6 Å². The highest BCUT2D eigenvalue weighted by Gasteiger charge is 2.26. The lowest BCUT2D eigenvalue weighted by Crippen LogP contribution is -2.38. The number of rotatable bonds is 5. The van der Waals surface area contributed by atoms with Gasteiger partial charge in [0.15, 0.2) is 5.69 Å². The second-order valence-corrected chi connectivity index (χ2v) is 7.18. The quantitative estimate of drug-likeness (QED) is 0.709. The third-order valence-electron chi connectivity index (χ3n) is 5.23. The minimum absolute atomic E-state index is 0.00680. The smallest absolute Gasteiger partial charge is 0.333 e. The Morgan fingerprint density at radius 2 is 2.07 bits per heavy atom. The molecule has 1 saturated carbocycles. The van der Waals surface area contributed by atoms with Gasteiger partial charge in [-0.15, -0.1) is 0 Å². The first-order valence-electron chi connectivity index (χ1n) is 9.47. The van der Waals surface area contributed by atoms with Crippen molar-refractivity contribution in [2.24, 2.45) is 0 Å². The number of hydrogen-bond donors (Lipinski definition) is 1. The van der Waals surface area contributed by atoms with Crippen LogP contribution in [0.15, 0.2) is 37.1 Å². The molecule has 1 amide bonds. The standard InChI is InChI=1S/C19H21F2N7O/c1-12-8-17(26-28(12)19(20)21)18(29)25-14-2-4-15(5-3-14)27-10-13(9-24-27)16-6-7-22-11-23-16/h6-11,14-15,19H,2-5H2,1H3,(H,25,29). The third-order valence-corrected chi connectivity index (χ3v) is 5.23. The minimum atomic E-state index is -2.76. The zero-order valence-electron chi connectivity index (χ0n) is 15.9. The summed E-state index contributed by atoms with van der Waals surface area (Å²) in [7, 11) is 0. The van der Waals surface area contributed by atoms with Gasteiger partial charge in [0.25, 0.3) is 5.91 Å². The van der Waals surface area contributed by atoms with Gasteiger partial charge >= 0.3 is 6.55 Å². The number of hydrogen-bond acceptors (Lipinski definition) is 5. The first-order valence-corrected chi connectivity index (χ1v) is 9.47. The van der Waals surface area contributed by atoms with E-state index in [0.717, 1.165) is 36.9 Å². The molecule has 0 aliphatic heterocycles. The maximum absolute atomic E-state index is 12.8. The Morgan fingerprint density at radius 3 is 2.72 bits per heavy atom. The summed E-state index contributed by atoms with van der Waals surface area (Å²) in [6.45, 7) is -1.26. The number of nitrogens with zero attached hydrogens (tertiary/aromatic N) is 6. The Kier molecular flexibility index (Phi) is 5.32. The van der Waals surface area contributed by atoms with Gasteiger partial charge in [-0.3, -0.25) is 9.48 Å². The first kappa shape index (κ1) is 19.2. The maximum atomic E-state index is 12.8. The molecule has 0 radical (unpaired) electrons. The summed E-state index contributed by atoms with van der Waals surface area (Å²) in [6, 6.07) is 3.46. The topological polar surface area (TPSA) is 90.5 Å². The van der Waals surface area contributed by atoms with Gasteiger partial charge < -0.3 is 5.32 Å². The number of aromatic nitrogens is 6. The summed E-state index contributed by atoms with van der Waals surface area (Å²) in [5.74, 6) is -0.416. The van der Waals surface area contributed by atoms with E-state index in [-0.39, 0.29) is 23.5 Å². The van der Waals surface area contributed by atoms with Crippen LogP contribution >= 0.6 is 0 Å². The van der Waals surface area contributed by atoms with Crippen molar-refractivity contribution in [3.05, 3.63) is 48.4 Å². The summed E-state index contributed by atoms with van der Waals surface area (Å²) < 4.78 is 28.2. The average Bonchev–Trinajstić information content (AvgIpc) is 3.36. The highest BCUT2D eigenvalue weighted by molar-refractivity contribution is 5.92. The molecule has 0 bridgehead atoms. The van der Waals surface area contributed by atoms with Crippen molar-refractivity contribution in [3.8, 4) is 11.3 Å². The number of carbonyl (C=O) groups excluding carboxylic acids is 1. The molecule has 8 nitrogen and oxygen atoms in total. The molecule has 10 heteroatoms. The largest absolute Gasteiger partial charge is 0.348 e. The number of halogens is 2. The van der Waals surface area contributed by atoms with Gasteiger partial charge in [0, 0.05) is 29.7 Å². The van der Waals surface area contributed by atoms with E-state index in [1.54, 1.807) is 12.4 Å². The number of carbonyl (C=O) groups is 1. The van der Waals surface area contributed by atoms with Crippen molar-refractivity contribution in [2.75, 3.05) is 0 Å². The summed E-state index contributed by atoms with van der Waals surface area (Å²) in [4.78, 5) is 20.5. The molecule has 1 aliphatic rings. The van der Waals surface area contributed by atoms with Crippen LogP contribution < -0.4 is 5.32 Å². The van der Waals surface area contributed by atoms with Crippen LogP contribution in [-0.4, -0.2) is 41.5 Å². The fourth-order valence-electron chi connectivity index (χ4n) is 3.67. The van der Waals surface area contributed by atoms with Crippen molar-refractivity contribution in [1.82, 2.24) is 34.8 Å². The number of aryl methyl sites for hydroxylation is 1. The molecule has 0 atom stereocenters. The number of nitrogens with one attached hydrogen (secondary N) is 1. The molecule has 3 heterocycles. The van der Waals surface area contributed by atoms with Gasteiger partial charge in [-0.25, -0.2) is 14.6 Å². The SMILES string of the molecule is Cc1cc(C(=O)NC2CCC(n3cc(-c4ccncn4)cn3)CC2)nn1C(F)F. The Bertz CT molecular complexity index is 978. The van der Waals surface area contributed by atoms with Crippen LogP contribution in [0.25, 0.3) is 11.3 Å². The lowest BCUT2D eigenvalue weighted by atomic mass is 9.91. The van der Waals surface area contributed by atoms with E-state index < -0.39 is 12.5 Å². The normalized spacial score (nSPS) is 19.4. The number of alkyl halides is 2. The van der Waals surface area contributed by atoms with E-state index in [4.69, 9.17) is 0 Å². The lowest BCUT2D eigenvalue weighted by molar-refractivity contribution is 0.0538. The van der Waals surface area contributed by atoms with E-state index >= 15 is 0 Å². The molecule has 0 aromatic carbocycles. The fourth-order valence-corrected chi connectivity index (χ4v) is 3.67. The van der Waals surface area contributed by atoms with Gasteiger partial charge in [-0.1, -0.05) is 0 Å². The fraction of sp³-hybridized carbons (Fsp3) is 0.421. The van der Waals surface area contributed by atoms with Crippen LogP contribution in [0.3, 0.4) is 0 Å². The summed E-state index contributed by atoms with van der Waals surface area (Å²) in [5, 5.41) is 11.1. The van der Waals surface area contributed by atoms with Crippen LogP contribution in [0, 0.1) is 6.92 Å². The van der Waals surface area contributed by atoms with Crippen molar-refractivity contribution in [3.63, 3.8) is 0 Å². The predicted molar refractivity (Wildman–Crippen MR) is 100 cm³/mol. The molecule has 0 saturated heterocycles. The van der Waals surface area contributed by atoms with Crippen LogP contribution in [-0.2, 0) is 0 Å². The zero-order valence-corrected chi connectivity index (χ0v) is 15.9. The Hall–Kier alpha value is -3.17.